The molecule has 2 aliphatic rings. The molecule has 208 valence electrons. The fraction of sp³-hybridized carbons (Fsp3) is 0.300. The minimum absolute atomic E-state index is 0.0147. The van der Waals surface area contributed by atoms with Gasteiger partial charge < -0.3 is 20.1 Å². The van der Waals surface area contributed by atoms with Crippen molar-refractivity contribution < 1.29 is 23.9 Å². The van der Waals surface area contributed by atoms with Gasteiger partial charge in [0.1, 0.15) is 0 Å². The number of carbonyl (C=O) groups is 3. The second kappa shape index (κ2) is 12.2. The quantitative estimate of drug-likeness (QED) is 0.267. The molecule has 0 saturated carbocycles. The third-order valence-electron chi connectivity index (χ3n) is 6.94. The van der Waals surface area contributed by atoms with Gasteiger partial charge in [-0.15, -0.1) is 11.8 Å². The first-order valence-electron chi connectivity index (χ1n) is 13.0. The van der Waals surface area contributed by atoms with Gasteiger partial charge in [-0.05, 0) is 73.0 Å². The van der Waals surface area contributed by atoms with Crippen molar-refractivity contribution in [1.82, 2.24) is 10.6 Å². The average molecular weight is 600 g/mol. The van der Waals surface area contributed by atoms with E-state index in [1.807, 2.05) is 31.2 Å². The molecule has 1 amide bonds. The molecule has 2 N–H and O–H groups in total. The lowest BCUT2D eigenvalue weighted by Crippen LogP contribution is -2.43. The summed E-state index contributed by atoms with van der Waals surface area (Å²) in [6.45, 7) is 2.70. The van der Waals surface area contributed by atoms with E-state index in [4.69, 9.17) is 32.7 Å². The van der Waals surface area contributed by atoms with Crippen molar-refractivity contribution >= 4 is 52.8 Å². The summed E-state index contributed by atoms with van der Waals surface area (Å²) in [7, 11) is 0. The summed E-state index contributed by atoms with van der Waals surface area (Å²) in [5, 5.41) is 7.47. The van der Waals surface area contributed by atoms with E-state index < -0.39 is 17.7 Å². The summed E-state index contributed by atoms with van der Waals surface area (Å²) in [4.78, 5) is 38.4. The number of fused-ring (bicyclic) bond motifs is 2. The highest BCUT2D eigenvalue weighted by Crippen LogP contribution is 2.42. The molecule has 5 rings (SSSR count). The van der Waals surface area contributed by atoms with E-state index in [0.717, 1.165) is 21.6 Å². The summed E-state index contributed by atoms with van der Waals surface area (Å²) in [6.07, 6.45) is 0.596. The van der Waals surface area contributed by atoms with E-state index in [2.05, 4.69) is 10.6 Å². The molecule has 0 aromatic heterocycles. The van der Waals surface area contributed by atoms with E-state index in [1.165, 1.54) is 0 Å². The Morgan fingerprint density at radius 3 is 2.33 bits per heavy atom. The number of amides is 1. The van der Waals surface area contributed by atoms with Crippen LogP contribution in [0.2, 0.25) is 10.0 Å². The zero-order valence-electron chi connectivity index (χ0n) is 21.8. The summed E-state index contributed by atoms with van der Waals surface area (Å²) >= 11 is 14.2. The van der Waals surface area contributed by atoms with Crippen LogP contribution in [0.4, 0.5) is 0 Å². The van der Waals surface area contributed by atoms with E-state index >= 15 is 0 Å². The molecule has 1 atom stereocenters. The summed E-state index contributed by atoms with van der Waals surface area (Å²) in [6, 6.07) is 18.2. The first-order valence-corrected chi connectivity index (χ1v) is 14.7. The Kier molecular flexibility index (Phi) is 8.71. The third kappa shape index (κ3) is 6.31. The van der Waals surface area contributed by atoms with Crippen molar-refractivity contribution in [2.24, 2.45) is 0 Å². The number of benzene rings is 3. The van der Waals surface area contributed by atoms with Crippen molar-refractivity contribution in [3.63, 3.8) is 0 Å². The molecule has 0 radical (unpaired) electrons. The molecule has 1 spiro atoms. The lowest BCUT2D eigenvalue weighted by molar-refractivity contribution is -0.225. The smallest absolute Gasteiger partial charge is 0.309 e. The molecule has 0 unspecified atom stereocenters. The fourth-order valence-electron chi connectivity index (χ4n) is 4.82. The lowest BCUT2D eigenvalue weighted by Gasteiger charge is -2.32. The van der Waals surface area contributed by atoms with Crippen molar-refractivity contribution in [2.75, 3.05) is 13.1 Å². The van der Waals surface area contributed by atoms with Crippen LogP contribution in [0.5, 0.6) is 0 Å². The predicted molar refractivity (Wildman–Crippen MR) is 154 cm³/mol. The van der Waals surface area contributed by atoms with Crippen molar-refractivity contribution in [3.8, 4) is 0 Å². The first kappa shape index (κ1) is 28.5. The fourth-order valence-corrected chi connectivity index (χ4v) is 6.38. The van der Waals surface area contributed by atoms with Gasteiger partial charge in [0.25, 0.3) is 11.7 Å². The van der Waals surface area contributed by atoms with Crippen LogP contribution in [-0.4, -0.2) is 30.9 Å². The largest absolute Gasteiger partial charge is 0.416 e. The van der Waals surface area contributed by atoms with Crippen molar-refractivity contribution in [3.05, 3.63) is 98.5 Å². The first-order chi connectivity index (χ1) is 19.2. The Hall–Kier alpha value is -3.04. The van der Waals surface area contributed by atoms with Gasteiger partial charge in [-0.25, -0.2) is 0 Å². The zero-order valence-corrected chi connectivity index (χ0v) is 24.1. The summed E-state index contributed by atoms with van der Waals surface area (Å²) in [5.41, 5.74) is 4.06. The van der Waals surface area contributed by atoms with Crippen LogP contribution in [-0.2, 0) is 37.0 Å². The van der Waals surface area contributed by atoms with Gasteiger partial charge in [0, 0.05) is 26.8 Å². The van der Waals surface area contributed by atoms with E-state index in [0.29, 0.717) is 39.9 Å². The van der Waals surface area contributed by atoms with Crippen LogP contribution in [0.1, 0.15) is 58.4 Å². The highest BCUT2D eigenvalue weighted by molar-refractivity contribution is 7.98. The summed E-state index contributed by atoms with van der Waals surface area (Å²) in [5.74, 6) is -2.04. The van der Waals surface area contributed by atoms with Crippen molar-refractivity contribution in [2.45, 2.75) is 48.7 Å². The Morgan fingerprint density at radius 2 is 1.65 bits per heavy atom. The lowest BCUT2D eigenvalue weighted by atomic mass is 9.98. The van der Waals surface area contributed by atoms with Crippen LogP contribution in [0.15, 0.2) is 65.6 Å². The molecule has 7 nitrogen and oxygen atoms in total. The highest BCUT2D eigenvalue weighted by atomic mass is 35.5. The molecular weight excluding hydrogens is 571 g/mol. The van der Waals surface area contributed by atoms with E-state index in [1.54, 1.807) is 48.2 Å². The molecule has 2 heterocycles. The Labute approximate surface area is 246 Å². The second-order valence-electron chi connectivity index (χ2n) is 9.76. The highest BCUT2D eigenvalue weighted by Gasteiger charge is 2.46. The predicted octanol–water partition coefficient (Wildman–Crippen LogP) is 5.96. The molecule has 1 fully saturated rings. The van der Waals surface area contributed by atoms with Crippen LogP contribution < -0.4 is 10.6 Å². The van der Waals surface area contributed by atoms with Crippen LogP contribution in [0.25, 0.3) is 0 Å². The number of rotatable bonds is 6. The molecule has 0 bridgehead atoms. The van der Waals surface area contributed by atoms with Gasteiger partial charge in [-0.2, -0.15) is 0 Å². The molecular formula is C30H28Cl2N2O5S. The van der Waals surface area contributed by atoms with Gasteiger partial charge in [-0.1, -0.05) is 47.5 Å². The Balaban J connectivity index is 1.31. The molecule has 1 saturated heterocycles. The van der Waals surface area contributed by atoms with Crippen LogP contribution in [0, 0.1) is 0 Å². The van der Waals surface area contributed by atoms with E-state index in [-0.39, 0.29) is 31.3 Å². The minimum atomic E-state index is -1.52. The van der Waals surface area contributed by atoms with Crippen molar-refractivity contribution in [1.29, 1.82) is 0 Å². The minimum Gasteiger partial charge on any atom is -0.416 e. The Bertz CT molecular complexity index is 1410. The number of thioether (sulfide) groups is 1. The van der Waals surface area contributed by atoms with Crippen LogP contribution >= 0.6 is 35.0 Å². The molecule has 3 aromatic carbocycles. The number of nitrogens with one attached hydrogen (secondary N) is 2. The molecule has 3 aromatic rings. The number of hydrogen-bond acceptors (Lipinski definition) is 7. The normalized spacial score (nSPS) is 17.2. The number of esters is 2. The number of halogens is 2. The number of ether oxygens (including phenoxy) is 2. The summed E-state index contributed by atoms with van der Waals surface area (Å²) < 4.78 is 11.5. The van der Waals surface area contributed by atoms with Gasteiger partial charge >= 0.3 is 11.9 Å². The maximum Gasteiger partial charge on any atom is 0.309 e. The average Bonchev–Trinajstić information content (AvgIpc) is 3.20. The monoisotopic (exact) mass is 598 g/mol. The number of hydrogen-bond donors (Lipinski definition) is 2. The standard InChI is InChI=1S/C30H28Cl2N2O5S/c1-18(20-6-8-22(31)9-7-20)34-29(37)21-4-2-19(3-5-21)16-40-28-23-14-15-33-17-30(24(23)10-11-25(28)32)38-26(35)12-13-27(36)39-30/h2-11,18,33H,12-17H2,1H3,(H,34,37)/t18-/m0/s1. The molecule has 0 aliphatic carbocycles. The topological polar surface area (TPSA) is 93.7 Å². The SMILES string of the molecule is C[C@H](NC(=O)c1ccc(CSc2c(Cl)ccc3c2CCNCC32OC(=O)CCC(=O)O2)cc1)c1ccc(Cl)cc1. The van der Waals surface area contributed by atoms with Gasteiger partial charge in [0.2, 0.25) is 0 Å². The maximum absolute atomic E-state index is 12.8. The second-order valence-corrected chi connectivity index (χ2v) is 11.6. The molecule has 10 heteroatoms. The molecule has 2 aliphatic heterocycles. The molecule has 40 heavy (non-hydrogen) atoms. The van der Waals surface area contributed by atoms with Gasteiger partial charge in [0.05, 0.1) is 30.5 Å². The Morgan fingerprint density at radius 1 is 0.975 bits per heavy atom. The van der Waals surface area contributed by atoms with E-state index in [9.17, 15) is 14.4 Å². The van der Waals surface area contributed by atoms with Crippen LogP contribution in [0.3, 0.4) is 0 Å². The third-order valence-corrected chi connectivity index (χ3v) is 8.85. The van der Waals surface area contributed by atoms with Gasteiger partial charge in [-0.3, -0.25) is 14.4 Å². The van der Waals surface area contributed by atoms with Gasteiger partial charge in [0.15, 0.2) is 0 Å². The zero-order chi connectivity index (χ0) is 28.3. The maximum atomic E-state index is 12.8. The number of carbonyl (C=O) groups excluding carboxylic acids is 3.